The summed E-state index contributed by atoms with van der Waals surface area (Å²) >= 11 is 1.63. The van der Waals surface area contributed by atoms with Crippen molar-refractivity contribution in [2.24, 2.45) is 5.10 Å². The fourth-order valence-corrected chi connectivity index (χ4v) is 4.27. The SMILES string of the molecule is Cc1ccc(NC(=O)c2cccc(N3CC(Nc4nc5ccccc5s4)C=N3)c2)cn1. The number of hydrazone groups is 1. The number of para-hydroxylation sites is 1. The largest absolute Gasteiger partial charge is 0.352 e. The zero-order valence-electron chi connectivity index (χ0n) is 16.8. The molecule has 0 bridgehead atoms. The lowest BCUT2D eigenvalue weighted by Gasteiger charge is -2.17. The summed E-state index contributed by atoms with van der Waals surface area (Å²) in [5.41, 5.74) is 3.99. The first kappa shape index (κ1) is 19.2. The van der Waals surface area contributed by atoms with Crippen molar-refractivity contribution in [1.29, 1.82) is 0 Å². The number of carbonyl (C=O) groups is 1. The normalized spacial score (nSPS) is 15.4. The highest BCUT2D eigenvalue weighted by Gasteiger charge is 2.21. The van der Waals surface area contributed by atoms with Gasteiger partial charge in [-0.25, -0.2) is 4.98 Å². The minimum Gasteiger partial charge on any atom is -0.352 e. The molecule has 1 aliphatic rings. The van der Waals surface area contributed by atoms with Crippen molar-refractivity contribution in [1.82, 2.24) is 9.97 Å². The monoisotopic (exact) mass is 428 g/mol. The van der Waals surface area contributed by atoms with Crippen LogP contribution >= 0.6 is 11.3 Å². The van der Waals surface area contributed by atoms with Gasteiger partial charge in [0, 0.05) is 17.5 Å². The summed E-state index contributed by atoms with van der Waals surface area (Å²) in [6.45, 7) is 2.56. The van der Waals surface area contributed by atoms with E-state index in [1.807, 2.05) is 66.7 Å². The van der Waals surface area contributed by atoms with Gasteiger partial charge in [0.2, 0.25) is 0 Å². The van der Waals surface area contributed by atoms with Crippen LogP contribution in [0.25, 0.3) is 10.2 Å². The smallest absolute Gasteiger partial charge is 0.255 e. The van der Waals surface area contributed by atoms with Crippen molar-refractivity contribution in [3.8, 4) is 0 Å². The first-order chi connectivity index (χ1) is 15.1. The van der Waals surface area contributed by atoms with Crippen molar-refractivity contribution in [3.05, 3.63) is 78.1 Å². The molecule has 1 unspecified atom stereocenters. The quantitative estimate of drug-likeness (QED) is 0.488. The van der Waals surface area contributed by atoms with E-state index in [4.69, 9.17) is 0 Å². The number of carbonyl (C=O) groups excluding carboxylic acids is 1. The lowest BCUT2D eigenvalue weighted by atomic mass is 10.1. The molecule has 1 atom stereocenters. The molecular weight excluding hydrogens is 408 g/mol. The summed E-state index contributed by atoms with van der Waals surface area (Å²) in [5, 5.41) is 13.6. The summed E-state index contributed by atoms with van der Waals surface area (Å²) in [4.78, 5) is 21.5. The van der Waals surface area contributed by atoms with Crippen LogP contribution in [0.5, 0.6) is 0 Å². The molecule has 3 heterocycles. The van der Waals surface area contributed by atoms with Crippen molar-refractivity contribution in [2.75, 3.05) is 22.2 Å². The molecule has 0 aliphatic carbocycles. The van der Waals surface area contributed by atoms with Crippen LogP contribution in [-0.4, -0.2) is 34.7 Å². The summed E-state index contributed by atoms with van der Waals surface area (Å²) in [5.74, 6) is -0.181. The predicted octanol–water partition coefficient (Wildman–Crippen LogP) is 4.54. The molecular formula is C23H20N6OS. The zero-order chi connectivity index (χ0) is 21.2. The van der Waals surface area contributed by atoms with E-state index in [0.717, 1.165) is 26.7 Å². The van der Waals surface area contributed by atoms with Crippen molar-refractivity contribution in [2.45, 2.75) is 13.0 Å². The number of pyridine rings is 1. The highest BCUT2D eigenvalue weighted by molar-refractivity contribution is 7.22. The minimum absolute atomic E-state index is 0.0386. The van der Waals surface area contributed by atoms with Crippen molar-refractivity contribution < 1.29 is 4.79 Å². The number of thiazole rings is 1. The molecule has 7 nitrogen and oxygen atoms in total. The van der Waals surface area contributed by atoms with Gasteiger partial charge in [0.15, 0.2) is 5.13 Å². The van der Waals surface area contributed by atoms with E-state index in [9.17, 15) is 4.79 Å². The Morgan fingerprint density at radius 3 is 2.87 bits per heavy atom. The van der Waals surface area contributed by atoms with E-state index in [1.54, 1.807) is 23.6 Å². The lowest BCUT2D eigenvalue weighted by molar-refractivity contribution is 0.102. The number of nitrogens with zero attached hydrogens (tertiary/aromatic N) is 4. The van der Waals surface area contributed by atoms with Crippen LogP contribution in [0, 0.1) is 6.92 Å². The number of aromatic nitrogens is 2. The van der Waals surface area contributed by atoms with E-state index in [1.165, 1.54) is 0 Å². The van der Waals surface area contributed by atoms with Crippen LogP contribution in [-0.2, 0) is 0 Å². The second-order valence-corrected chi connectivity index (χ2v) is 8.31. The number of fused-ring (bicyclic) bond motifs is 1. The highest BCUT2D eigenvalue weighted by atomic mass is 32.1. The average molecular weight is 429 g/mol. The molecule has 1 aliphatic heterocycles. The fraction of sp³-hybridized carbons (Fsp3) is 0.130. The van der Waals surface area contributed by atoms with E-state index in [2.05, 4.69) is 31.8 Å². The van der Waals surface area contributed by atoms with Gasteiger partial charge in [0.25, 0.3) is 5.91 Å². The molecule has 0 saturated heterocycles. The molecule has 0 saturated carbocycles. The first-order valence-corrected chi connectivity index (χ1v) is 10.7. The van der Waals surface area contributed by atoms with Crippen molar-refractivity contribution >= 4 is 50.2 Å². The van der Waals surface area contributed by atoms with Gasteiger partial charge in [0.05, 0.1) is 40.4 Å². The molecule has 0 spiro atoms. The molecule has 2 N–H and O–H groups in total. The van der Waals surface area contributed by atoms with Crippen LogP contribution in [0.2, 0.25) is 0 Å². The molecule has 154 valence electrons. The Hall–Kier alpha value is -3.78. The lowest BCUT2D eigenvalue weighted by Crippen LogP contribution is -2.28. The summed E-state index contributed by atoms with van der Waals surface area (Å²) in [7, 11) is 0. The average Bonchev–Trinajstić information content (AvgIpc) is 3.42. The number of anilines is 3. The molecule has 31 heavy (non-hydrogen) atoms. The van der Waals surface area contributed by atoms with E-state index in [-0.39, 0.29) is 11.9 Å². The van der Waals surface area contributed by atoms with Gasteiger partial charge in [-0.1, -0.05) is 29.5 Å². The topological polar surface area (TPSA) is 82.5 Å². The van der Waals surface area contributed by atoms with Crippen LogP contribution in [0.4, 0.5) is 16.5 Å². The number of hydrogen-bond donors (Lipinski definition) is 2. The van der Waals surface area contributed by atoms with E-state index >= 15 is 0 Å². The molecule has 1 amide bonds. The number of rotatable bonds is 5. The standard InChI is InChI=1S/C23H20N6OS/c1-15-9-10-17(12-24-15)26-22(30)16-5-4-6-19(11-16)29-14-18(13-25-29)27-23-28-20-7-2-3-8-21(20)31-23/h2-13,18H,14H2,1H3,(H,26,30)(H,27,28). The molecule has 2 aromatic heterocycles. The Bertz CT molecular complexity index is 1230. The maximum atomic E-state index is 12.6. The summed E-state index contributed by atoms with van der Waals surface area (Å²) in [6, 6.07) is 19.3. The third-order valence-electron chi connectivity index (χ3n) is 4.93. The van der Waals surface area contributed by atoms with E-state index in [0.29, 0.717) is 17.8 Å². The number of amides is 1. The Labute approximate surface area is 183 Å². The summed E-state index contributed by atoms with van der Waals surface area (Å²) in [6.07, 6.45) is 3.52. The predicted molar refractivity (Wildman–Crippen MR) is 126 cm³/mol. The molecule has 4 aromatic rings. The fourth-order valence-electron chi connectivity index (χ4n) is 3.34. The molecule has 0 radical (unpaired) electrons. The van der Waals surface area contributed by atoms with E-state index < -0.39 is 0 Å². The second kappa shape index (κ2) is 8.16. The Morgan fingerprint density at radius 1 is 1.13 bits per heavy atom. The third kappa shape index (κ3) is 4.24. The van der Waals surface area contributed by atoms with Crippen LogP contribution < -0.4 is 15.6 Å². The molecule has 5 rings (SSSR count). The Morgan fingerprint density at radius 2 is 2.03 bits per heavy atom. The highest BCUT2D eigenvalue weighted by Crippen LogP contribution is 2.27. The van der Waals surface area contributed by atoms with Gasteiger partial charge in [-0.15, -0.1) is 0 Å². The maximum absolute atomic E-state index is 12.6. The number of nitrogens with one attached hydrogen (secondary N) is 2. The van der Waals surface area contributed by atoms with Gasteiger partial charge in [-0.2, -0.15) is 5.10 Å². The number of benzene rings is 2. The van der Waals surface area contributed by atoms with Crippen LogP contribution in [0.3, 0.4) is 0 Å². The van der Waals surface area contributed by atoms with Crippen LogP contribution in [0.15, 0.2) is 72.0 Å². The number of hydrogen-bond acceptors (Lipinski definition) is 7. The molecule has 0 fully saturated rings. The summed E-state index contributed by atoms with van der Waals surface area (Å²) < 4.78 is 1.15. The molecule has 8 heteroatoms. The van der Waals surface area contributed by atoms with Gasteiger partial charge in [-0.05, 0) is 49.4 Å². The maximum Gasteiger partial charge on any atom is 0.255 e. The second-order valence-electron chi connectivity index (χ2n) is 7.28. The van der Waals surface area contributed by atoms with Gasteiger partial charge in [0.1, 0.15) is 0 Å². The number of aryl methyl sites for hydroxylation is 1. The minimum atomic E-state index is -0.181. The van der Waals surface area contributed by atoms with Gasteiger partial charge < -0.3 is 10.6 Å². The Kier molecular flexibility index (Phi) is 5.05. The van der Waals surface area contributed by atoms with Crippen molar-refractivity contribution in [3.63, 3.8) is 0 Å². The zero-order valence-corrected chi connectivity index (χ0v) is 17.6. The van der Waals surface area contributed by atoms with Crippen LogP contribution in [0.1, 0.15) is 16.1 Å². The van der Waals surface area contributed by atoms with Gasteiger partial charge >= 0.3 is 0 Å². The van der Waals surface area contributed by atoms with Gasteiger partial charge in [-0.3, -0.25) is 14.8 Å². The molecule has 2 aromatic carbocycles. The first-order valence-electron chi connectivity index (χ1n) is 9.92. The Balaban J connectivity index is 1.25. The third-order valence-corrected chi connectivity index (χ3v) is 5.90.